The Morgan fingerprint density at radius 3 is 2.76 bits per heavy atom. The van der Waals surface area contributed by atoms with Gasteiger partial charge in [0, 0.05) is 18.3 Å². The van der Waals surface area contributed by atoms with E-state index in [1.165, 1.54) is 12.1 Å². The second-order valence-corrected chi connectivity index (χ2v) is 4.79. The first-order valence-electron chi connectivity index (χ1n) is 6.56. The number of hydrogen-bond donors (Lipinski definition) is 2. The van der Waals surface area contributed by atoms with Crippen LogP contribution in [0.4, 0.5) is 4.39 Å². The van der Waals surface area contributed by atoms with Crippen molar-refractivity contribution in [2.75, 3.05) is 0 Å². The van der Waals surface area contributed by atoms with Gasteiger partial charge in [-0.1, -0.05) is 0 Å². The smallest absolute Gasteiger partial charge is 0.149 e. The maximum atomic E-state index is 13.0. The van der Waals surface area contributed by atoms with E-state index in [4.69, 9.17) is 5.73 Å². The summed E-state index contributed by atoms with van der Waals surface area (Å²) in [6.07, 6.45) is 3.91. The van der Waals surface area contributed by atoms with Crippen LogP contribution in [0.2, 0.25) is 0 Å². The number of aromatic amines is 1. The number of imidazole rings is 1. The van der Waals surface area contributed by atoms with Gasteiger partial charge in [-0.3, -0.25) is 0 Å². The zero-order valence-corrected chi connectivity index (χ0v) is 11.5. The average molecular weight is 286 g/mol. The van der Waals surface area contributed by atoms with Crippen molar-refractivity contribution in [2.45, 2.75) is 19.4 Å². The molecule has 1 atom stereocenters. The summed E-state index contributed by atoms with van der Waals surface area (Å²) >= 11 is 0. The topological polar surface area (TPSA) is 85.4 Å². The number of aromatic nitrogens is 5. The summed E-state index contributed by atoms with van der Waals surface area (Å²) in [7, 11) is 0. The molecule has 6 nitrogen and oxygen atoms in total. The van der Waals surface area contributed by atoms with Crippen LogP contribution in [0.3, 0.4) is 0 Å². The molecule has 2 aromatic heterocycles. The molecule has 0 aliphatic carbocycles. The van der Waals surface area contributed by atoms with Crippen LogP contribution in [0.5, 0.6) is 0 Å². The molecule has 0 saturated heterocycles. The summed E-state index contributed by atoms with van der Waals surface area (Å²) in [4.78, 5) is 11.4. The van der Waals surface area contributed by atoms with Gasteiger partial charge < -0.3 is 10.7 Å². The number of aryl methyl sites for hydroxylation is 1. The average Bonchev–Trinajstić information content (AvgIpc) is 3.09. The highest BCUT2D eigenvalue weighted by molar-refractivity contribution is 5.32. The summed E-state index contributed by atoms with van der Waals surface area (Å²) in [5, 5.41) is 4.34. The van der Waals surface area contributed by atoms with Crippen molar-refractivity contribution in [3.05, 3.63) is 59.9 Å². The zero-order chi connectivity index (χ0) is 14.8. The van der Waals surface area contributed by atoms with Crippen LogP contribution >= 0.6 is 0 Å². The lowest BCUT2D eigenvalue weighted by atomic mass is 10.1. The fourth-order valence-electron chi connectivity index (χ4n) is 2.17. The first-order chi connectivity index (χ1) is 10.1. The summed E-state index contributed by atoms with van der Waals surface area (Å²) in [5.74, 6) is 0.960. The van der Waals surface area contributed by atoms with E-state index in [1.807, 2.05) is 0 Å². The molecule has 0 saturated carbocycles. The number of nitrogens with two attached hydrogens (primary N) is 1. The molecule has 108 valence electrons. The molecule has 0 amide bonds. The molecule has 0 aliphatic rings. The molecule has 21 heavy (non-hydrogen) atoms. The fourth-order valence-corrected chi connectivity index (χ4v) is 2.17. The van der Waals surface area contributed by atoms with Crippen molar-refractivity contribution < 1.29 is 4.39 Å². The van der Waals surface area contributed by atoms with Crippen LogP contribution in [0.1, 0.15) is 23.4 Å². The van der Waals surface area contributed by atoms with Gasteiger partial charge in [-0.25, -0.2) is 19.0 Å². The first kappa shape index (κ1) is 13.4. The summed E-state index contributed by atoms with van der Waals surface area (Å²) in [5.41, 5.74) is 7.88. The van der Waals surface area contributed by atoms with Gasteiger partial charge in [0.05, 0.1) is 18.1 Å². The number of halogens is 1. The summed E-state index contributed by atoms with van der Waals surface area (Å²) in [6, 6.07) is 5.73. The molecule has 3 aromatic rings. The monoisotopic (exact) mass is 286 g/mol. The van der Waals surface area contributed by atoms with Gasteiger partial charge in [-0.15, -0.1) is 0 Å². The fraction of sp³-hybridized carbons (Fsp3) is 0.214. The lowest BCUT2D eigenvalue weighted by Gasteiger charge is -2.11. The van der Waals surface area contributed by atoms with Crippen LogP contribution in [-0.4, -0.2) is 24.7 Å². The Balaban J connectivity index is 1.93. The molecule has 3 rings (SSSR count). The molecule has 1 aromatic carbocycles. The summed E-state index contributed by atoms with van der Waals surface area (Å²) in [6.45, 7) is 1.80. The van der Waals surface area contributed by atoms with Crippen molar-refractivity contribution >= 4 is 0 Å². The predicted octanol–water partition coefficient (Wildman–Crippen LogP) is 1.68. The largest absolute Gasteiger partial charge is 0.348 e. The third-order valence-electron chi connectivity index (χ3n) is 3.14. The highest BCUT2D eigenvalue weighted by atomic mass is 19.1. The molecule has 0 aliphatic heterocycles. The highest BCUT2D eigenvalue weighted by Gasteiger charge is 2.17. The van der Waals surface area contributed by atoms with Crippen molar-refractivity contribution in [3.8, 4) is 5.69 Å². The van der Waals surface area contributed by atoms with Gasteiger partial charge in [0.1, 0.15) is 17.5 Å². The van der Waals surface area contributed by atoms with Gasteiger partial charge in [-0.2, -0.15) is 5.10 Å². The minimum absolute atomic E-state index is 0.293. The van der Waals surface area contributed by atoms with E-state index >= 15 is 0 Å². The first-order valence-corrected chi connectivity index (χ1v) is 6.56. The Labute approximate surface area is 120 Å². The molecule has 3 N–H and O–H groups in total. The van der Waals surface area contributed by atoms with Crippen LogP contribution in [0, 0.1) is 12.7 Å². The van der Waals surface area contributed by atoms with E-state index in [0.717, 1.165) is 11.4 Å². The number of hydrogen-bond acceptors (Lipinski definition) is 4. The third-order valence-corrected chi connectivity index (χ3v) is 3.14. The minimum atomic E-state index is -0.336. The molecule has 0 fully saturated rings. The molecule has 0 unspecified atom stereocenters. The molecule has 0 spiro atoms. The Morgan fingerprint density at radius 2 is 2.10 bits per heavy atom. The maximum absolute atomic E-state index is 13.0. The quantitative estimate of drug-likeness (QED) is 0.764. The molecule has 7 heteroatoms. The normalized spacial score (nSPS) is 12.5. The maximum Gasteiger partial charge on any atom is 0.149 e. The Bertz CT molecular complexity index is 717. The summed E-state index contributed by atoms with van der Waals surface area (Å²) < 4.78 is 14.7. The molecule has 0 bridgehead atoms. The second-order valence-electron chi connectivity index (χ2n) is 4.79. The third kappa shape index (κ3) is 2.82. The standard InChI is InChI=1S/C14H15FN6/c1-9-19-14(13(16)6-11-7-17-8-18-11)21(20-9)12-4-2-10(15)3-5-12/h2-5,7-8,13H,6,16H2,1H3,(H,17,18)/t13-/m0/s1. The Hall–Kier alpha value is -2.54. The Morgan fingerprint density at radius 1 is 1.33 bits per heavy atom. The molecular weight excluding hydrogens is 271 g/mol. The SMILES string of the molecule is Cc1nc([C@@H](N)Cc2cnc[nH]2)n(-c2ccc(F)cc2)n1. The van der Waals surface area contributed by atoms with E-state index < -0.39 is 0 Å². The van der Waals surface area contributed by atoms with Crippen LogP contribution in [0.15, 0.2) is 36.8 Å². The van der Waals surface area contributed by atoms with E-state index in [9.17, 15) is 4.39 Å². The van der Waals surface area contributed by atoms with Crippen molar-refractivity contribution in [1.82, 2.24) is 24.7 Å². The van der Waals surface area contributed by atoms with Crippen molar-refractivity contribution in [2.24, 2.45) is 5.73 Å². The lowest BCUT2D eigenvalue weighted by molar-refractivity contribution is 0.619. The molecule has 0 radical (unpaired) electrons. The number of benzene rings is 1. The zero-order valence-electron chi connectivity index (χ0n) is 11.5. The highest BCUT2D eigenvalue weighted by Crippen LogP contribution is 2.18. The predicted molar refractivity (Wildman–Crippen MR) is 75.3 cm³/mol. The lowest BCUT2D eigenvalue weighted by Crippen LogP contribution is -2.19. The van der Waals surface area contributed by atoms with Gasteiger partial charge in [0.25, 0.3) is 0 Å². The van der Waals surface area contributed by atoms with E-state index in [-0.39, 0.29) is 11.9 Å². The number of nitrogens with zero attached hydrogens (tertiary/aromatic N) is 4. The van der Waals surface area contributed by atoms with E-state index in [2.05, 4.69) is 20.1 Å². The molecular formula is C14H15FN6. The van der Waals surface area contributed by atoms with Crippen molar-refractivity contribution in [1.29, 1.82) is 0 Å². The number of nitrogens with one attached hydrogen (secondary N) is 1. The second kappa shape index (κ2) is 5.45. The molecule has 2 heterocycles. The minimum Gasteiger partial charge on any atom is -0.348 e. The van der Waals surface area contributed by atoms with Crippen LogP contribution in [-0.2, 0) is 6.42 Å². The number of H-pyrrole nitrogens is 1. The van der Waals surface area contributed by atoms with Crippen LogP contribution in [0.25, 0.3) is 5.69 Å². The van der Waals surface area contributed by atoms with Gasteiger partial charge in [0.15, 0.2) is 0 Å². The van der Waals surface area contributed by atoms with Gasteiger partial charge in [-0.05, 0) is 31.2 Å². The van der Waals surface area contributed by atoms with Gasteiger partial charge in [0.2, 0.25) is 0 Å². The Kier molecular flexibility index (Phi) is 3.49. The van der Waals surface area contributed by atoms with Crippen LogP contribution < -0.4 is 5.73 Å². The van der Waals surface area contributed by atoms with Crippen molar-refractivity contribution in [3.63, 3.8) is 0 Å². The number of rotatable bonds is 4. The van der Waals surface area contributed by atoms with E-state index in [0.29, 0.717) is 18.1 Å². The van der Waals surface area contributed by atoms with Gasteiger partial charge >= 0.3 is 0 Å². The van der Waals surface area contributed by atoms with E-state index in [1.54, 1.807) is 36.3 Å².